The van der Waals surface area contributed by atoms with Crippen LogP contribution >= 0.6 is 0 Å². The van der Waals surface area contributed by atoms with Gasteiger partial charge in [0, 0.05) is 23.9 Å². The molecular weight excluding hydrogens is 622 g/mol. The average Bonchev–Trinajstić information content (AvgIpc) is 3.51. The number of carbonyl (C=O) groups is 2. The van der Waals surface area contributed by atoms with Crippen molar-refractivity contribution in [3.05, 3.63) is 47.0 Å². The lowest BCUT2D eigenvalue weighted by Crippen LogP contribution is -2.65. The van der Waals surface area contributed by atoms with E-state index < -0.39 is 11.4 Å². The van der Waals surface area contributed by atoms with Gasteiger partial charge in [-0.3, -0.25) is 9.59 Å². The van der Waals surface area contributed by atoms with Gasteiger partial charge in [0.05, 0.1) is 17.9 Å². The zero-order valence-electron chi connectivity index (χ0n) is 32.3. The molecule has 0 bridgehead atoms. The second-order valence-electron chi connectivity index (χ2n) is 19.9. The molecule has 5 fully saturated rings. The molecule has 0 amide bonds. The number of aliphatic carboxylic acids is 1. The zero-order valence-corrected chi connectivity index (χ0v) is 32.3. The molecule has 1 unspecified atom stereocenters. The fourth-order valence-electron chi connectivity index (χ4n) is 14.0. The summed E-state index contributed by atoms with van der Waals surface area (Å²) in [6.45, 7) is 19.7. The van der Waals surface area contributed by atoms with E-state index in [2.05, 4.69) is 77.2 Å². The molecule has 6 nitrogen and oxygen atoms in total. The first-order valence-corrected chi connectivity index (χ1v) is 20.0. The number of aliphatic hydroxyl groups excluding tert-OH is 1. The maximum absolute atomic E-state index is 13.1. The molecule has 6 heteroatoms. The Morgan fingerprint density at radius 3 is 2.28 bits per heavy atom. The third-order valence-corrected chi connectivity index (χ3v) is 17.2. The number of benzene rings is 1. The molecule has 0 heterocycles. The van der Waals surface area contributed by atoms with Crippen LogP contribution in [0.5, 0.6) is 0 Å². The summed E-state index contributed by atoms with van der Waals surface area (Å²) < 4.78 is 6.22. The first-order valence-electron chi connectivity index (χ1n) is 20.0. The van der Waals surface area contributed by atoms with E-state index in [0.717, 1.165) is 45.1 Å². The van der Waals surface area contributed by atoms with Crippen LogP contribution < -0.4 is 5.32 Å². The van der Waals surface area contributed by atoms with E-state index in [1.54, 1.807) is 25.0 Å². The number of nitrogens with one attached hydrogen (secondary N) is 1. The molecule has 3 N–H and O–H groups in total. The van der Waals surface area contributed by atoms with Gasteiger partial charge in [0.25, 0.3) is 0 Å². The summed E-state index contributed by atoms with van der Waals surface area (Å²) in [5.74, 6) is 0.307. The molecule has 0 aromatic heterocycles. The van der Waals surface area contributed by atoms with Gasteiger partial charge in [0.2, 0.25) is 0 Å². The van der Waals surface area contributed by atoms with Crippen molar-refractivity contribution in [3.63, 3.8) is 0 Å². The van der Waals surface area contributed by atoms with Gasteiger partial charge in [-0.2, -0.15) is 0 Å². The van der Waals surface area contributed by atoms with E-state index in [9.17, 15) is 19.8 Å². The Morgan fingerprint density at radius 2 is 1.60 bits per heavy atom. The van der Waals surface area contributed by atoms with E-state index in [1.807, 2.05) is 0 Å². The monoisotopic (exact) mass is 687 g/mol. The minimum Gasteiger partial charge on any atom is -0.481 e. The number of hydrogen-bond donors (Lipinski definition) is 3. The van der Waals surface area contributed by atoms with E-state index in [4.69, 9.17) is 4.74 Å². The van der Waals surface area contributed by atoms with E-state index >= 15 is 0 Å². The van der Waals surface area contributed by atoms with Crippen LogP contribution in [0, 0.1) is 55.7 Å². The van der Waals surface area contributed by atoms with Gasteiger partial charge >= 0.3 is 11.9 Å². The highest BCUT2D eigenvalue weighted by molar-refractivity contribution is 5.81. The van der Waals surface area contributed by atoms with Gasteiger partial charge in [-0.15, -0.1) is 0 Å². The Morgan fingerprint density at radius 1 is 0.900 bits per heavy atom. The Kier molecular flexibility index (Phi) is 8.63. The number of allylic oxidation sites excluding steroid dienone is 1. The predicted molar refractivity (Wildman–Crippen MR) is 197 cm³/mol. The summed E-state index contributed by atoms with van der Waals surface area (Å²) >= 11 is 0. The van der Waals surface area contributed by atoms with Gasteiger partial charge in [-0.05, 0) is 129 Å². The smallest absolute Gasteiger partial charge is 0.309 e. The minimum absolute atomic E-state index is 0.0422. The second-order valence-corrected chi connectivity index (χ2v) is 19.9. The van der Waals surface area contributed by atoms with Crippen molar-refractivity contribution in [3.8, 4) is 0 Å². The minimum atomic E-state index is -1.13. The molecule has 5 saturated carbocycles. The number of carboxylic acid groups (broad SMARTS) is 1. The highest BCUT2D eigenvalue weighted by atomic mass is 16.5. The quantitative estimate of drug-likeness (QED) is 0.168. The molecule has 7 rings (SSSR count). The largest absolute Gasteiger partial charge is 0.481 e. The molecule has 1 aromatic carbocycles. The molecule has 50 heavy (non-hydrogen) atoms. The molecule has 0 saturated heterocycles. The van der Waals surface area contributed by atoms with Crippen molar-refractivity contribution in [2.45, 2.75) is 151 Å². The van der Waals surface area contributed by atoms with Gasteiger partial charge in [0.15, 0.2) is 0 Å². The standard InChI is InChI=1S/C44H65NO5/c1-28(2)30-16-19-43(33(46)26-45-25-29-12-10-9-11-13-29)22-20-39(5)31(36(30)43)14-15-32-40(39,6)21-23-44-27-42(44,8)34(17-18-41(32,44)7)50-35(47)24-38(3,4)37(48)49/h9-13,28,31-34,45-46H,14-27H2,1-8H3,(H,48,49)/t31-,32+,33-,34+,39-,40-,41-,42?,43-,44+/m1/s1. The molecule has 6 aliphatic rings. The Bertz CT molecular complexity index is 1550. The lowest BCUT2D eigenvalue weighted by Gasteiger charge is -2.71. The fourth-order valence-corrected chi connectivity index (χ4v) is 14.0. The Labute approximate surface area is 301 Å². The number of carboxylic acids is 1. The lowest BCUT2D eigenvalue weighted by atomic mass is 9.33. The van der Waals surface area contributed by atoms with Crippen LogP contribution in [0.3, 0.4) is 0 Å². The van der Waals surface area contributed by atoms with E-state index in [1.165, 1.54) is 37.7 Å². The third-order valence-electron chi connectivity index (χ3n) is 17.2. The molecule has 10 atom stereocenters. The SMILES string of the molecule is CC(C)C1=C2[C@H]3CC[C@@H]4[C@@]5(C)CC[C@H](OC(=O)CC(C)(C)C(=O)O)C6(C)C[C@]65CC[C@@]4(C)[C@]3(C)CC[C@@]2([C@H](O)CNCc2ccccc2)CC1. The highest BCUT2D eigenvalue weighted by Gasteiger charge is 2.82. The topological polar surface area (TPSA) is 95.9 Å². The summed E-state index contributed by atoms with van der Waals surface area (Å²) in [7, 11) is 0. The first kappa shape index (κ1) is 36.2. The number of hydrogen-bond acceptors (Lipinski definition) is 5. The average molecular weight is 688 g/mol. The molecular formula is C44H65NO5. The van der Waals surface area contributed by atoms with Crippen LogP contribution in [0.15, 0.2) is 41.5 Å². The summed E-state index contributed by atoms with van der Waals surface area (Å²) in [5, 5.41) is 25.4. The van der Waals surface area contributed by atoms with Crippen molar-refractivity contribution in [2.24, 2.45) is 55.7 Å². The van der Waals surface area contributed by atoms with E-state index in [0.29, 0.717) is 24.3 Å². The summed E-state index contributed by atoms with van der Waals surface area (Å²) in [6.07, 6.45) is 11.7. The highest BCUT2D eigenvalue weighted by Crippen LogP contribution is 2.87. The maximum Gasteiger partial charge on any atom is 0.309 e. The van der Waals surface area contributed by atoms with Crippen LogP contribution in [0.4, 0.5) is 0 Å². The second kappa shape index (κ2) is 11.9. The normalized spacial score (nSPS) is 42.5. The van der Waals surface area contributed by atoms with Gasteiger partial charge < -0.3 is 20.3 Å². The molecule has 0 aliphatic heterocycles. The van der Waals surface area contributed by atoms with E-state index in [-0.39, 0.29) is 57.1 Å². The Hall–Kier alpha value is -2.18. The maximum atomic E-state index is 13.1. The first-order chi connectivity index (χ1) is 23.4. The van der Waals surface area contributed by atoms with Crippen LogP contribution in [0.1, 0.15) is 138 Å². The molecule has 0 radical (unpaired) electrons. The number of carbonyl (C=O) groups excluding carboxylic acids is 1. The fraction of sp³-hybridized carbons (Fsp3) is 0.773. The van der Waals surface area contributed by atoms with Crippen LogP contribution in [0.25, 0.3) is 0 Å². The van der Waals surface area contributed by atoms with Crippen molar-refractivity contribution >= 4 is 11.9 Å². The molecule has 1 aromatic rings. The zero-order chi connectivity index (χ0) is 36.1. The summed E-state index contributed by atoms with van der Waals surface area (Å²) in [4.78, 5) is 24.8. The number of rotatable bonds is 10. The van der Waals surface area contributed by atoms with Gasteiger partial charge in [0.1, 0.15) is 6.10 Å². The molecule has 276 valence electrons. The molecule has 6 aliphatic carbocycles. The lowest BCUT2D eigenvalue weighted by molar-refractivity contribution is -0.220. The number of aliphatic hydroxyl groups is 1. The molecule has 1 spiro atoms. The van der Waals surface area contributed by atoms with Crippen LogP contribution in [-0.4, -0.2) is 40.9 Å². The predicted octanol–water partition coefficient (Wildman–Crippen LogP) is 9.11. The number of esters is 1. The van der Waals surface area contributed by atoms with Crippen molar-refractivity contribution in [1.29, 1.82) is 0 Å². The van der Waals surface area contributed by atoms with Crippen LogP contribution in [0.2, 0.25) is 0 Å². The third kappa shape index (κ3) is 4.92. The van der Waals surface area contributed by atoms with Crippen molar-refractivity contribution < 1.29 is 24.5 Å². The van der Waals surface area contributed by atoms with Gasteiger partial charge in [-0.25, -0.2) is 0 Å². The Balaban J connectivity index is 1.13. The summed E-state index contributed by atoms with van der Waals surface area (Å²) in [5.41, 5.74) is 4.02. The van der Waals surface area contributed by atoms with Crippen molar-refractivity contribution in [2.75, 3.05) is 6.54 Å². The van der Waals surface area contributed by atoms with Gasteiger partial charge in [-0.1, -0.05) is 83.0 Å². The van der Waals surface area contributed by atoms with Crippen molar-refractivity contribution in [1.82, 2.24) is 5.32 Å². The number of ether oxygens (including phenoxy) is 1. The summed E-state index contributed by atoms with van der Waals surface area (Å²) in [6, 6.07) is 10.5. The number of fused-ring (bicyclic) bond motifs is 6. The van der Waals surface area contributed by atoms with Crippen LogP contribution in [-0.2, 0) is 20.9 Å².